The molecule has 4 heteroatoms. The second-order valence-corrected chi connectivity index (χ2v) is 3.86. The van der Waals surface area contributed by atoms with E-state index in [0.717, 1.165) is 0 Å². The van der Waals surface area contributed by atoms with Crippen molar-refractivity contribution in [2.45, 2.75) is 11.0 Å². The monoisotopic (exact) mass is 209 g/mol. The Morgan fingerprint density at radius 3 is 2.64 bits per heavy atom. The van der Waals surface area contributed by atoms with Crippen molar-refractivity contribution in [3.63, 3.8) is 0 Å². The van der Waals surface area contributed by atoms with Crippen LogP contribution in [0.1, 0.15) is 10.4 Å². The smallest absolute Gasteiger partial charge is 0.255 e. The van der Waals surface area contributed by atoms with E-state index in [-0.39, 0.29) is 12.0 Å². The number of aliphatic hydroxyl groups is 1. The summed E-state index contributed by atoms with van der Waals surface area (Å²) in [6, 6.07) is 7.18. The molecule has 0 aliphatic carbocycles. The van der Waals surface area contributed by atoms with E-state index in [1.165, 1.54) is 0 Å². The van der Waals surface area contributed by atoms with Gasteiger partial charge in [-0.05, 0) is 12.1 Å². The second kappa shape index (κ2) is 3.63. The number of amides is 1. The van der Waals surface area contributed by atoms with E-state index in [0.29, 0.717) is 23.5 Å². The Morgan fingerprint density at radius 2 is 2.07 bits per heavy atom. The third-order valence-electron chi connectivity index (χ3n) is 2.28. The minimum atomic E-state index is -0.356. The Morgan fingerprint density at radius 1 is 1.43 bits per heavy atom. The van der Waals surface area contributed by atoms with Crippen molar-refractivity contribution in [1.29, 1.82) is 0 Å². The number of carbonyl (C=O) groups excluding carboxylic acids is 1. The van der Waals surface area contributed by atoms with Crippen molar-refractivity contribution in [3.8, 4) is 0 Å². The number of thiol groups is 1. The van der Waals surface area contributed by atoms with Crippen LogP contribution in [0.3, 0.4) is 0 Å². The van der Waals surface area contributed by atoms with E-state index in [1.54, 1.807) is 17.0 Å². The first-order valence-electron chi connectivity index (χ1n) is 4.44. The standard InChI is InChI=1S/C10H11NO2S/c12-7-5-11(6-7)10(13)8-3-1-2-4-9(8)14/h1-4,7,12,14H,5-6H2. The van der Waals surface area contributed by atoms with Crippen molar-refractivity contribution in [2.75, 3.05) is 13.1 Å². The first-order valence-corrected chi connectivity index (χ1v) is 4.88. The summed E-state index contributed by atoms with van der Waals surface area (Å²) in [5, 5.41) is 9.07. The Balaban J connectivity index is 2.16. The first-order chi connectivity index (χ1) is 6.68. The average molecular weight is 209 g/mol. The molecule has 1 aliphatic rings. The minimum Gasteiger partial charge on any atom is -0.389 e. The highest BCUT2D eigenvalue weighted by Crippen LogP contribution is 2.18. The summed E-state index contributed by atoms with van der Waals surface area (Å²) >= 11 is 4.21. The van der Waals surface area contributed by atoms with Gasteiger partial charge in [0.2, 0.25) is 0 Å². The molecule has 0 unspecified atom stereocenters. The molecule has 0 atom stereocenters. The maximum absolute atomic E-state index is 11.8. The fourth-order valence-corrected chi connectivity index (χ4v) is 1.70. The van der Waals surface area contributed by atoms with Crippen molar-refractivity contribution < 1.29 is 9.90 Å². The van der Waals surface area contributed by atoms with Crippen LogP contribution in [-0.2, 0) is 0 Å². The summed E-state index contributed by atoms with van der Waals surface area (Å²) < 4.78 is 0. The summed E-state index contributed by atoms with van der Waals surface area (Å²) in [7, 11) is 0. The predicted molar refractivity (Wildman–Crippen MR) is 55.6 cm³/mol. The van der Waals surface area contributed by atoms with Crippen LogP contribution in [0.5, 0.6) is 0 Å². The molecule has 0 spiro atoms. The van der Waals surface area contributed by atoms with E-state index < -0.39 is 0 Å². The van der Waals surface area contributed by atoms with Crippen LogP contribution in [0.25, 0.3) is 0 Å². The molecular weight excluding hydrogens is 198 g/mol. The topological polar surface area (TPSA) is 40.5 Å². The number of rotatable bonds is 1. The van der Waals surface area contributed by atoms with Crippen molar-refractivity contribution in [2.24, 2.45) is 0 Å². The van der Waals surface area contributed by atoms with E-state index in [4.69, 9.17) is 5.11 Å². The number of likely N-dealkylation sites (tertiary alicyclic amines) is 1. The van der Waals surface area contributed by atoms with Crippen LogP contribution in [0.2, 0.25) is 0 Å². The molecule has 0 saturated carbocycles. The number of hydrogen-bond acceptors (Lipinski definition) is 3. The van der Waals surface area contributed by atoms with Crippen molar-refractivity contribution in [1.82, 2.24) is 4.90 Å². The Hall–Kier alpha value is -1.00. The lowest BCUT2D eigenvalue weighted by atomic mass is 10.1. The zero-order valence-electron chi connectivity index (χ0n) is 7.55. The zero-order chi connectivity index (χ0) is 10.1. The van der Waals surface area contributed by atoms with E-state index in [9.17, 15) is 4.79 Å². The highest BCUT2D eigenvalue weighted by atomic mass is 32.1. The highest BCUT2D eigenvalue weighted by molar-refractivity contribution is 7.80. The van der Waals surface area contributed by atoms with E-state index in [2.05, 4.69) is 12.6 Å². The molecule has 0 radical (unpaired) electrons. The van der Waals surface area contributed by atoms with Crippen LogP contribution < -0.4 is 0 Å². The van der Waals surface area contributed by atoms with Gasteiger partial charge in [-0.15, -0.1) is 12.6 Å². The molecule has 1 aromatic rings. The summed E-state index contributed by atoms with van der Waals surface area (Å²) in [6.45, 7) is 0.863. The summed E-state index contributed by atoms with van der Waals surface area (Å²) in [5.41, 5.74) is 0.600. The average Bonchev–Trinajstić information content (AvgIpc) is 2.13. The van der Waals surface area contributed by atoms with Crippen molar-refractivity contribution >= 4 is 18.5 Å². The third-order valence-corrected chi connectivity index (χ3v) is 2.67. The second-order valence-electron chi connectivity index (χ2n) is 3.38. The molecule has 2 rings (SSSR count). The van der Waals surface area contributed by atoms with Crippen LogP contribution in [-0.4, -0.2) is 35.1 Å². The Kier molecular flexibility index (Phi) is 2.48. The molecule has 3 nitrogen and oxygen atoms in total. The number of carbonyl (C=O) groups is 1. The largest absolute Gasteiger partial charge is 0.389 e. The molecule has 74 valence electrons. The first kappa shape index (κ1) is 9.55. The SMILES string of the molecule is O=C(c1ccccc1S)N1CC(O)C1. The van der Waals surface area contributed by atoms with Gasteiger partial charge in [0.05, 0.1) is 11.7 Å². The fraction of sp³-hybridized carbons (Fsp3) is 0.300. The van der Waals surface area contributed by atoms with Gasteiger partial charge in [-0.3, -0.25) is 4.79 Å². The lowest BCUT2D eigenvalue weighted by molar-refractivity contribution is 0.00566. The van der Waals surface area contributed by atoms with E-state index in [1.807, 2.05) is 12.1 Å². The Labute approximate surface area is 87.8 Å². The molecule has 0 aromatic heterocycles. The molecule has 14 heavy (non-hydrogen) atoms. The quantitative estimate of drug-likeness (QED) is 0.671. The molecule has 1 aromatic carbocycles. The predicted octanol–water partition coefficient (Wildman–Crippen LogP) is 0.792. The van der Waals surface area contributed by atoms with Gasteiger partial charge in [0, 0.05) is 18.0 Å². The van der Waals surface area contributed by atoms with Gasteiger partial charge in [0.15, 0.2) is 0 Å². The van der Waals surface area contributed by atoms with Crippen LogP contribution in [0, 0.1) is 0 Å². The fourth-order valence-electron chi connectivity index (χ4n) is 1.45. The van der Waals surface area contributed by atoms with Crippen LogP contribution in [0.15, 0.2) is 29.2 Å². The number of β-amino-alcohol motifs (C(OH)–C–C–N with tert-alkyl or cyclic N) is 1. The van der Waals surface area contributed by atoms with Gasteiger partial charge in [0.1, 0.15) is 0 Å². The summed E-state index contributed by atoms with van der Waals surface area (Å²) in [6.07, 6.45) is -0.356. The lowest BCUT2D eigenvalue weighted by Crippen LogP contribution is -2.53. The number of hydrogen-bond donors (Lipinski definition) is 2. The van der Waals surface area contributed by atoms with Gasteiger partial charge >= 0.3 is 0 Å². The van der Waals surface area contributed by atoms with Crippen molar-refractivity contribution in [3.05, 3.63) is 29.8 Å². The molecule has 1 amide bonds. The number of nitrogens with zero attached hydrogens (tertiary/aromatic N) is 1. The number of aliphatic hydroxyl groups excluding tert-OH is 1. The minimum absolute atomic E-state index is 0.0547. The molecule has 1 aliphatic heterocycles. The molecule has 1 fully saturated rings. The van der Waals surface area contributed by atoms with Crippen LogP contribution in [0.4, 0.5) is 0 Å². The van der Waals surface area contributed by atoms with Gasteiger partial charge in [-0.1, -0.05) is 12.1 Å². The maximum atomic E-state index is 11.8. The molecule has 0 bridgehead atoms. The van der Waals surface area contributed by atoms with Gasteiger partial charge < -0.3 is 10.0 Å². The van der Waals surface area contributed by atoms with Gasteiger partial charge in [0.25, 0.3) is 5.91 Å². The Bertz CT molecular complexity index is 361. The molecule has 1 heterocycles. The highest BCUT2D eigenvalue weighted by Gasteiger charge is 2.29. The zero-order valence-corrected chi connectivity index (χ0v) is 8.45. The lowest BCUT2D eigenvalue weighted by Gasteiger charge is -2.36. The summed E-state index contributed by atoms with van der Waals surface area (Å²) in [4.78, 5) is 14.0. The normalized spacial score (nSPS) is 16.6. The number of benzene rings is 1. The van der Waals surface area contributed by atoms with Gasteiger partial charge in [-0.2, -0.15) is 0 Å². The van der Waals surface area contributed by atoms with Crippen LogP contribution >= 0.6 is 12.6 Å². The third kappa shape index (κ3) is 1.63. The van der Waals surface area contributed by atoms with E-state index >= 15 is 0 Å². The summed E-state index contributed by atoms with van der Waals surface area (Å²) in [5.74, 6) is -0.0547. The molecule has 1 saturated heterocycles. The maximum Gasteiger partial charge on any atom is 0.255 e. The van der Waals surface area contributed by atoms with Gasteiger partial charge in [-0.25, -0.2) is 0 Å². The molecular formula is C10H11NO2S. The molecule has 1 N–H and O–H groups in total.